The molecule has 2 rings (SSSR count). The van der Waals surface area contributed by atoms with Gasteiger partial charge < -0.3 is 9.64 Å². The van der Waals surface area contributed by atoms with Crippen LogP contribution in [0.5, 0.6) is 0 Å². The van der Waals surface area contributed by atoms with Crippen LogP contribution < -0.4 is 0 Å². The van der Waals surface area contributed by atoms with E-state index in [1.54, 1.807) is 4.90 Å². The number of hydrogen-bond acceptors (Lipinski definition) is 4. The fraction of sp³-hybridized carbons (Fsp3) is 0.769. The molecule has 106 valence electrons. The highest BCUT2D eigenvalue weighted by atomic mass is 16.6. The molecule has 0 aliphatic carbocycles. The van der Waals surface area contributed by atoms with Crippen LogP contribution in [0.25, 0.3) is 0 Å². The highest BCUT2D eigenvalue weighted by molar-refractivity contribution is 5.68. The zero-order valence-electron chi connectivity index (χ0n) is 12.1. The van der Waals surface area contributed by atoms with E-state index in [0.717, 1.165) is 31.0 Å². The monoisotopic (exact) mass is 266 g/mol. The number of ether oxygens (including phenoxy) is 1. The fourth-order valence-corrected chi connectivity index (χ4v) is 2.22. The molecule has 1 unspecified atom stereocenters. The fourth-order valence-electron chi connectivity index (χ4n) is 2.22. The second kappa shape index (κ2) is 5.19. The van der Waals surface area contributed by atoms with Gasteiger partial charge in [-0.05, 0) is 40.5 Å². The highest BCUT2D eigenvalue weighted by Gasteiger charge is 2.29. The Bertz CT molecular complexity index is 450. The number of rotatable bonds is 1. The zero-order valence-corrected chi connectivity index (χ0v) is 12.1. The number of nitrogens with zero attached hydrogens (tertiary/aromatic N) is 3. The molecule has 1 amide bonds. The summed E-state index contributed by atoms with van der Waals surface area (Å²) in [6, 6.07) is 0. The molecule has 0 aromatic carbocycles. The van der Waals surface area contributed by atoms with Crippen molar-refractivity contribution in [3.8, 4) is 0 Å². The van der Waals surface area contributed by atoms with Gasteiger partial charge in [0.15, 0.2) is 5.82 Å². The Labute approximate surface area is 113 Å². The summed E-state index contributed by atoms with van der Waals surface area (Å²) < 4.78 is 5.40. The predicted octanol–water partition coefficient (Wildman–Crippen LogP) is 2.23. The van der Waals surface area contributed by atoms with Crippen molar-refractivity contribution in [3.05, 3.63) is 11.6 Å². The average molecular weight is 266 g/mol. The summed E-state index contributed by atoms with van der Waals surface area (Å²) in [5.41, 5.74) is -0.453. The Kier molecular flexibility index (Phi) is 3.78. The van der Waals surface area contributed by atoms with Crippen LogP contribution in [0.2, 0.25) is 0 Å². The molecule has 1 aromatic rings. The van der Waals surface area contributed by atoms with Gasteiger partial charge in [-0.1, -0.05) is 0 Å². The van der Waals surface area contributed by atoms with Gasteiger partial charge in [0.2, 0.25) is 0 Å². The van der Waals surface area contributed by atoms with Gasteiger partial charge in [-0.25, -0.2) is 9.78 Å². The lowest BCUT2D eigenvalue weighted by atomic mass is 9.98. The van der Waals surface area contributed by atoms with E-state index < -0.39 is 5.60 Å². The van der Waals surface area contributed by atoms with Gasteiger partial charge in [0.05, 0.1) is 0 Å². The lowest BCUT2D eigenvalue weighted by molar-refractivity contribution is 0.0196. The number of carbonyl (C=O) groups excluding carboxylic acids is 1. The van der Waals surface area contributed by atoms with Crippen LogP contribution in [-0.4, -0.2) is 44.9 Å². The summed E-state index contributed by atoms with van der Waals surface area (Å²) in [5, 5.41) is 7.05. The Balaban J connectivity index is 1.99. The Morgan fingerprint density at radius 2 is 2.21 bits per heavy atom. The molecule has 6 heteroatoms. The Morgan fingerprint density at radius 3 is 2.79 bits per heavy atom. The van der Waals surface area contributed by atoms with Crippen molar-refractivity contribution < 1.29 is 9.53 Å². The third-order valence-electron chi connectivity index (χ3n) is 3.05. The highest BCUT2D eigenvalue weighted by Crippen LogP contribution is 2.25. The average Bonchev–Trinajstić information content (AvgIpc) is 2.74. The summed E-state index contributed by atoms with van der Waals surface area (Å²) in [6.45, 7) is 8.90. The maximum absolute atomic E-state index is 12.1. The molecule has 0 spiro atoms. The van der Waals surface area contributed by atoms with E-state index in [4.69, 9.17) is 4.74 Å². The van der Waals surface area contributed by atoms with Crippen molar-refractivity contribution in [2.45, 2.75) is 52.1 Å². The van der Waals surface area contributed by atoms with Crippen LogP contribution in [0.4, 0.5) is 4.79 Å². The van der Waals surface area contributed by atoms with E-state index in [2.05, 4.69) is 15.2 Å². The van der Waals surface area contributed by atoms with Crippen molar-refractivity contribution in [1.29, 1.82) is 0 Å². The summed E-state index contributed by atoms with van der Waals surface area (Å²) in [7, 11) is 0. The van der Waals surface area contributed by atoms with Gasteiger partial charge in [0.25, 0.3) is 0 Å². The summed E-state index contributed by atoms with van der Waals surface area (Å²) in [5.74, 6) is 1.81. The smallest absolute Gasteiger partial charge is 0.410 e. The summed E-state index contributed by atoms with van der Waals surface area (Å²) in [6.07, 6.45) is 1.72. The van der Waals surface area contributed by atoms with E-state index in [0.29, 0.717) is 6.54 Å². The number of amides is 1. The lowest BCUT2D eigenvalue weighted by Gasteiger charge is -2.33. The van der Waals surface area contributed by atoms with E-state index in [9.17, 15) is 4.79 Å². The van der Waals surface area contributed by atoms with Gasteiger partial charge in [0.1, 0.15) is 11.4 Å². The van der Waals surface area contributed by atoms with Crippen molar-refractivity contribution in [2.24, 2.45) is 0 Å². The topological polar surface area (TPSA) is 71.1 Å². The number of aryl methyl sites for hydroxylation is 1. The largest absolute Gasteiger partial charge is 0.444 e. The second-order valence-corrected chi connectivity index (χ2v) is 6.04. The molecule has 1 aliphatic rings. The molecule has 1 aromatic heterocycles. The zero-order chi connectivity index (χ0) is 14.0. The minimum atomic E-state index is -0.453. The van der Waals surface area contributed by atoms with Crippen molar-refractivity contribution in [2.75, 3.05) is 13.1 Å². The van der Waals surface area contributed by atoms with Gasteiger partial charge in [-0.2, -0.15) is 5.10 Å². The number of nitrogens with one attached hydrogen (secondary N) is 1. The summed E-state index contributed by atoms with van der Waals surface area (Å²) in [4.78, 5) is 18.2. The van der Waals surface area contributed by atoms with Gasteiger partial charge in [0, 0.05) is 19.0 Å². The van der Waals surface area contributed by atoms with E-state index in [1.807, 2.05) is 27.7 Å². The first kappa shape index (κ1) is 13.8. The van der Waals surface area contributed by atoms with E-state index in [1.165, 1.54) is 0 Å². The molecule has 0 bridgehead atoms. The van der Waals surface area contributed by atoms with Crippen molar-refractivity contribution in [1.82, 2.24) is 20.1 Å². The van der Waals surface area contributed by atoms with Crippen LogP contribution in [-0.2, 0) is 4.74 Å². The Morgan fingerprint density at radius 1 is 1.47 bits per heavy atom. The number of piperidine rings is 1. The molecule has 1 saturated heterocycles. The maximum Gasteiger partial charge on any atom is 0.410 e. The first-order chi connectivity index (χ1) is 8.85. The molecular weight excluding hydrogens is 244 g/mol. The quantitative estimate of drug-likeness (QED) is 0.846. The van der Waals surface area contributed by atoms with E-state index in [-0.39, 0.29) is 12.0 Å². The van der Waals surface area contributed by atoms with Gasteiger partial charge >= 0.3 is 6.09 Å². The third kappa shape index (κ3) is 3.68. The number of H-pyrrole nitrogens is 1. The molecule has 0 saturated carbocycles. The number of aromatic nitrogens is 3. The van der Waals surface area contributed by atoms with Crippen molar-refractivity contribution >= 4 is 6.09 Å². The molecule has 1 aliphatic heterocycles. The van der Waals surface area contributed by atoms with Crippen LogP contribution >= 0.6 is 0 Å². The molecular formula is C13H22N4O2. The molecule has 6 nitrogen and oxygen atoms in total. The molecule has 2 heterocycles. The standard InChI is InChI=1S/C13H22N4O2/c1-9-14-11(16-15-9)10-6-5-7-17(8-10)12(18)19-13(2,3)4/h10H,5-8H2,1-4H3,(H,14,15,16). The van der Waals surface area contributed by atoms with Crippen LogP contribution in [0.3, 0.4) is 0 Å². The van der Waals surface area contributed by atoms with Gasteiger partial charge in [-0.3, -0.25) is 5.10 Å². The predicted molar refractivity (Wildman–Crippen MR) is 70.9 cm³/mol. The lowest BCUT2D eigenvalue weighted by Crippen LogP contribution is -2.42. The second-order valence-electron chi connectivity index (χ2n) is 6.04. The normalized spacial score (nSPS) is 20.4. The molecule has 19 heavy (non-hydrogen) atoms. The number of hydrogen-bond donors (Lipinski definition) is 1. The minimum absolute atomic E-state index is 0.200. The molecule has 0 radical (unpaired) electrons. The number of aromatic amines is 1. The molecule has 1 N–H and O–H groups in total. The number of carbonyl (C=O) groups is 1. The maximum atomic E-state index is 12.1. The van der Waals surface area contributed by atoms with Crippen LogP contribution in [0.15, 0.2) is 0 Å². The molecule has 1 atom stereocenters. The van der Waals surface area contributed by atoms with Crippen molar-refractivity contribution in [3.63, 3.8) is 0 Å². The third-order valence-corrected chi connectivity index (χ3v) is 3.05. The van der Waals surface area contributed by atoms with E-state index >= 15 is 0 Å². The van der Waals surface area contributed by atoms with Crippen LogP contribution in [0.1, 0.15) is 51.2 Å². The SMILES string of the molecule is Cc1nc(C2CCCN(C(=O)OC(C)(C)C)C2)n[nH]1. The Hall–Kier alpha value is -1.59. The molecule has 1 fully saturated rings. The first-order valence-corrected chi connectivity index (χ1v) is 6.72. The van der Waals surface area contributed by atoms with Gasteiger partial charge in [-0.15, -0.1) is 0 Å². The first-order valence-electron chi connectivity index (χ1n) is 6.72. The minimum Gasteiger partial charge on any atom is -0.444 e. The summed E-state index contributed by atoms with van der Waals surface area (Å²) >= 11 is 0. The number of likely N-dealkylation sites (tertiary alicyclic amines) is 1. The van der Waals surface area contributed by atoms with Crippen LogP contribution in [0, 0.1) is 6.92 Å².